The number of hydrogen-bond acceptors (Lipinski definition) is 2. The lowest BCUT2D eigenvalue weighted by molar-refractivity contribution is -0.131. The Morgan fingerprint density at radius 3 is 2.67 bits per heavy atom. The summed E-state index contributed by atoms with van der Waals surface area (Å²) in [6.45, 7) is 1.08. The predicted molar refractivity (Wildman–Crippen MR) is 63.9 cm³/mol. The van der Waals surface area contributed by atoms with E-state index >= 15 is 0 Å². The van der Waals surface area contributed by atoms with E-state index in [1.165, 1.54) is 6.07 Å². The van der Waals surface area contributed by atoms with Crippen LogP contribution in [-0.4, -0.2) is 29.9 Å². The summed E-state index contributed by atoms with van der Waals surface area (Å²) in [5.74, 6) is -1.62. The topological polar surface area (TPSA) is 46.3 Å². The second-order valence-electron chi connectivity index (χ2n) is 4.62. The van der Waals surface area contributed by atoms with Crippen molar-refractivity contribution in [2.75, 3.05) is 13.1 Å². The number of nitrogens with zero attached hydrogens (tertiary/aromatic N) is 1. The van der Waals surface area contributed by atoms with Gasteiger partial charge in [0.2, 0.25) is 5.91 Å². The molecule has 0 aromatic heterocycles. The first kappa shape index (κ1) is 13.0. The second kappa shape index (κ2) is 5.44. The molecule has 1 aliphatic heterocycles. The number of rotatable bonds is 2. The fourth-order valence-electron chi connectivity index (χ4n) is 2.20. The van der Waals surface area contributed by atoms with Gasteiger partial charge in [-0.1, -0.05) is 6.07 Å². The van der Waals surface area contributed by atoms with E-state index in [-0.39, 0.29) is 23.9 Å². The third-order valence-electron chi connectivity index (χ3n) is 3.20. The molecule has 1 fully saturated rings. The predicted octanol–water partition coefficient (Wildman–Crippen LogP) is 1.46. The van der Waals surface area contributed by atoms with Crippen LogP contribution < -0.4 is 5.73 Å². The van der Waals surface area contributed by atoms with Gasteiger partial charge in [-0.2, -0.15) is 0 Å². The third kappa shape index (κ3) is 2.85. The molecule has 1 aliphatic rings. The molecule has 0 unspecified atom stereocenters. The van der Waals surface area contributed by atoms with Crippen LogP contribution >= 0.6 is 0 Å². The number of nitrogens with two attached hydrogens (primary N) is 1. The lowest BCUT2D eigenvalue weighted by atomic mass is 10.0. The van der Waals surface area contributed by atoms with Crippen molar-refractivity contribution in [3.8, 4) is 0 Å². The molecule has 1 aromatic carbocycles. The Bertz CT molecular complexity index is 430. The molecule has 0 aliphatic carbocycles. The average Bonchev–Trinajstić information content (AvgIpc) is 2.34. The summed E-state index contributed by atoms with van der Waals surface area (Å²) in [6.07, 6.45) is 1.48. The van der Waals surface area contributed by atoms with E-state index in [2.05, 4.69) is 0 Å². The zero-order valence-electron chi connectivity index (χ0n) is 10.0. The van der Waals surface area contributed by atoms with Gasteiger partial charge in [-0.25, -0.2) is 8.78 Å². The Morgan fingerprint density at radius 1 is 1.39 bits per heavy atom. The lowest BCUT2D eigenvalue weighted by Gasteiger charge is -2.30. The third-order valence-corrected chi connectivity index (χ3v) is 3.20. The number of carbonyl (C=O) groups excluding carboxylic acids is 1. The van der Waals surface area contributed by atoms with Gasteiger partial charge in [0.1, 0.15) is 11.6 Å². The van der Waals surface area contributed by atoms with Crippen molar-refractivity contribution in [1.29, 1.82) is 0 Å². The van der Waals surface area contributed by atoms with Gasteiger partial charge < -0.3 is 10.6 Å². The van der Waals surface area contributed by atoms with Crippen LogP contribution in [0.4, 0.5) is 8.78 Å². The maximum atomic E-state index is 13.4. The number of carbonyl (C=O) groups is 1. The Morgan fingerprint density at radius 2 is 2.06 bits per heavy atom. The SMILES string of the molecule is N[C@@H]1CCCN(C(=O)Cc2c(F)cccc2F)C1. The maximum absolute atomic E-state index is 13.4. The van der Waals surface area contributed by atoms with Crippen LogP contribution in [0.1, 0.15) is 18.4 Å². The second-order valence-corrected chi connectivity index (χ2v) is 4.62. The molecule has 5 heteroatoms. The molecular weight excluding hydrogens is 238 g/mol. The van der Waals surface area contributed by atoms with Crippen LogP contribution in [0, 0.1) is 11.6 Å². The maximum Gasteiger partial charge on any atom is 0.227 e. The summed E-state index contributed by atoms with van der Waals surface area (Å²) < 4.78 is 26.8. The van der Waals surface area contributed by atoms with Gasteiger partial charge in [0.05, 0.1) is 6.42 Å². The Kier molecular flexibility index (Phi) is 3.91. The quantitative estimate of drug-likeness (QED) is 0.868. The Labute approximate surface area is 105 Å². The van der Waals surface area contributed by atoms with E-state index < -0.39 is 11.6 Å². The number of halogens is 2. The van der Waals surface area contributed by atoms with Gasteiger partial charge in [0, 0.05) is 24.7 Å². The summed E-state index contributed by atoms with van der Waals surface area (Å²) >= 11 is 0. The molecule has 1 aromatic rings. The molecule has 0 saturated carbocycles. The van der Waals surface area contributed by atoms with Crippen molar-refractivity contribution < 1.29 is 13.6 Å². The van der Waals surface area contributed by atoms with Crippen LogP contribution in [0.2, 0.25) is 0 Å². The fraction of sp³-hybridized carbons (Fsp3) is 0.462. The van der Waals surface area contributed by atoms with Crippen molar-refractivity contribution in [3.63, 3.8) is 0 Å². The largest absolute Gasteiger partial charge is 0.341 e. The summed E-state index contributed by atoms with van der Waals surface area (Å²) in [6, 6.07) is 3.57. The number of piperidine rings is 1. The minimum Gasteiger partial charge on any atom is -0.341 e. The number of hydrogen-bond donors (Lipinski definition) is 1. The van der Waals surface area contributed by atoms with Crippen LogP contribution in [-0.2, 0) is 11.2 Å². The molecule has 0 bridgehead atoms. The smallest absolute Gasteiger partial charge is 0.227 e. The van der Waals surface area contributed by atoms with E-state index in [1.54, 1.807) is 4.90 Å². The molecule has 1 saturated heterocycles. The normalized spacial score (nSPS) is 19.9. The minimum atomic E-state index is -0.676. The summed E-state index contributed by atoms with van der Waals surface area (Å²) in [7, 11) is 0. The minimum absolute atomic E-state index is 0.0341. The summed E-state index contributed by atoms with van der Waals surface area (Å²) in [5.41, 5.74) is 5.61. The summed E-state index contributed by atoms with van der Waals surface area (Å²) in [4.78, 5) is 13.5. The molecule has 0 spiro atoms. The first-order valence-electron chi connectivity index (χ1n) is 6.04. The van der Waals surface area contributed by atoms with Gasteiger partial charge in [0.15, 0.2) is 0 Å². The van der Waals surface area contributed by atoms with Crippen LogP contribution in [0.5, 0.6) is 0 Å². The van der Waals surface area contributed by atoms with E-state index in [9.17, 15) is 13.6 Å². The van der Waals surface area contributed by atoms with E-state index in [1.807, 2.05) is 0 Å². The summed E-state index contributed by atoms with van der Waals surface area (Å²) in [5, 5.41) is 0. The van der Waals surface area contributed by atoms with E-state index in [0.29, 0.717) is 13.1 Å². The Hall–Kier alpha value is -1.49. The van der Waals surface area contributed by atoms with Gasteiger partial charge >= 0.3 is 0 Å². The first-order chi connectivity index (χ1) is 8.58. The van der Waals surface area contributed by atoms with Crippen LogP contribution in [0.25, 0.3) is 0 Å². The number of likely N-dealkylation sites (tertiary alicyclic amines) is 1. The van der Waals surface area contributed by atoms with Gasteiger partial charge in [0.25, 0.3) is 0 Å². The molecule has 98 valence electrons. The fourth-order valence-corrected chi connectivity index (χ4v) is 2.20. The lowest BCUT2D eigenvalue weighted by Crippen LogP contribution is -2.46. The number of benzene rings is 1. The van der Waals surface area contributed by atoms with Crippen LogP contribution in [0.3, 0.4) is 0 Å². The molecule has 3 nitrogen and oxygen atoms in total. The molecule has 2 rings (SSSR count). The highest BCUT2D eigenvalue weighted by Gasteiger charge is 2.23. The number of amides is 1. The Balaban J connectivity index is 2.07. The standard InChI is InChI=1S/C13H16F2N2O/c14-11-4-1-5-12(15)10(11)7-13(18)17-6-2-3-9(16)8-17/h1,4-5,9H,2-3,6-8,16H2/t9-/m1/s1. The van der Waals surface area contributed by atoms with Gasteiger partial charge in [-0.3, -0.25) is 4.79 Å². The molecule has 1 heterocycles. The first-order valence-corrected chi connectivity index (χ1v) is 6.04. The average molecular weight is 254 g/mol. The van der Waals surface area contributed by atoms with Crippen molar-refractivity contribution in [3.05, 3.63) is 35.4 Å². The van der Waals surface area contributed by atoms with Crippen molar-refractivity contribution in [2.45, 2.75) is 25.3 Å². The highest BCUT2D eigenvalue weighted by Crippen LogP contribution is 2.15. The van der Waals surface area contributed by atoms with Crippen molar-refractivity contribution in [2.24, 2.45) is 5.73 Å². The van der Waals surface area contributed by atoms with Crippen LogP contribution in [0.15, 0.2) is 18.2 Å². The van der Waals surface area contributed by atoms with E-state index in [0.717, 1.165) is 25.0 Å². The molecule has 1 amide bonds. The molecular formula is C13H16F2N2O. The highest BCUT2D eigenvalue weighted by atomic mass is 19.1. The molecule has 1 atom stereocenters. The monoisotopic (exact) mass is 254 g/mol. The molecule has 18 heavy (non-hydrogen) atoms. The molecule has 2 N–H and O–H groups in total. The zero-order chi connectivity index (χ0) is 13.1. The van der Waals surface area contributed by atoms with E-state index in [4.69, 9.17) is 5.73 Å². The van der Waals surface area contributed by atoms with Gasteiger partial charge in [-0.05, 0) is 25.0 Å². The van der Waals surface area contributed by atoms with Crippen molar-refractivity contribution >= 4 is 5.91 Å². The van der Waals surface area contributed by atoms with Crippen molar-refractivity contribution in [1.82, 2.24) is 4.90 Å². The highest BCUT2D eigenvalue weighted by molar-refractivity contribution is 5.79. The zero-order valence-corrected chi connectivity index (χ0v) is 10.0. The molecule has 0 radical (unpaired) electrons. The van der Waals surface area contributed by atoms with Gasteiger partial charge in [-0.15, -0.1) is 0 Å².